The summed E-state index contributed by atoms with van der Waals surface area (Å²) in [7, 11) is 3.28. The van der Waals surface area contributed by atoms with Gasteiger partial charge >= 0.3 is 5.69 Å². The summed E-state index contributed by atoms with van der Waals surface area (Å²) in [5.41, 5.74) is 4.14. The molecule has 9 nitrogen and oxygen atoms in total. The number of nitrogens with one attached hydrogen (secondary N) is 1. The lowest BCUT2D eigenvalue weighted by Crippen LogP contribution is -2.34. The van der Waals surface area contributed by atoms with Gasteiger partial charge in [0.25, 0.3) is 0 Å². The lowest BCUT2D eigenvalue weighted by Gasteiger charge is -2.18. The third-order valence-electron chi connectivity index (χ3n) is 6.60. The minimum Gasteiger partial charge on any atom is -0.482 e. The Balaban J connectivity index is 1.53. The summed E-state index contributed by atoms with van der Waals surface area (Å²) in [6, 6.07) is 13.9. The Labute approximate surface area is 228 Å². The molecule has 0 saturated carbocycles. The Bertz CT molecular complexity index is 1740. The SMILES string of the molecule is Cc1cc(-c2cc(C)c(OCc3ncn[nH]3)c(F)c2)c2c(c1)n(CC(=O)N(C)c1cccc(Cl)c1)c(=O)n2C. The van der Waals surface area contributed by atoms with Gasteiger partial charge in [0.1, 0.15) is 19.5 Å². The van der Waals surface area contributed by atoms with Crippen LogP contribution >= 0.6 is 11.6 Å². The van der Waals surface area contributed by atoms with Gasteiger partial charge in [-0.2, -0.15) is 5.10 Å². The number of hydrogen-bond donors (Lipinski definition) is 1. The van der Waals surface area contributed by atoms with Crippen molar-refractivity contribution in [1.82, 2.24) is 24.3 Å². The number of rotatable bonds is 7. The smallest absolute Gasteiger partial charge is 0.329 e. The Morgan fingerprint density at radius 1 is 1.18 bits per heavy atom. The quantitative estimate of drug-likeness (QED) is 0.316. The van der Waals surface area contributed by atoms with Gasteiger partial charge in [-0.1, -0.05) is 17.7 Å². The molecule has 39 heavy (non-hydrogen) atoms. The average Bonchev–Trinajstić information content (AvgIpc) is 3.50. The van der Waals surface area contributed by atoms with Crippen LogP contribution in [0.15, 0.2) is 59.7 Å². The Morgan fingerprint density at radius 2 is 1.97 bits per heavy atom. The van der Waals surface area contributed by atoms with Gasteiger partial charge in [-0.25, -0.2) is 14.2 Å². The van der Waals surface area contributed by atoms with Crippen LogP contribution in [0.4, 0.5) is 10.1 Å². The molecule has 0 aliphatic carbocycles. The highest BCUT2D eigenvalue weighted by Crippen LogP contribution is 2.34. The van der Waals surface area contributed by atoms with Crippen LogP contribution < -0.4 is 15.3 Å². The topological polar surface area (TPSA) is 98.0 Å². The number of anilines is 1. The summed E-state index contributed by atoms with van der Waals surface area (Å²) >= 11 is 6.09. The van der Waals surface area contributed by atoms with Gasteiger partial charge < -0.3 is 9.64 Å². The summed E-state index contributed by atoms with van der Waals surface area (Å²) in [4.78, 5) is 32.0. The number of aromatic nitrogens is 5. The van der Waals surface area contributed by atoms with Crippen LogP contribution in [0.5, 0.6) is 5.75 Å². The minimum atomic E-state index is -0.540. The van der Waals surface area contributed by atoms with E-state index < -0.39 is 5.82 Å². The second-order valence-electron chi connectivity index (χ2n) is 9.37. The molecule has 5 rings (SSSR count). The molecule has 1 amide bonds. The predicted octanol–water partition coefficient (Wildman–Crippen LogP) is 4.78. The second kappa shape index (κ2) is 10.4. The molecule has 0 fully saturated rings. The van der Waals surface area contributed by atoms with E-state index >= 15 is 4.39 Å². The van der Waals surface area contributed by atoms with Crippen molar-refractivity contribution in [3.63, 3.8) is 0 Å². The monoisotopic (exact) mass is 548 g/mol. The van der Waals surface area contributed by atoms with Crippen LogP contribution in [0.3, 0.4) is 0 Å². The van der Waals surface area contributed by atoms with Crippen molar-refractivity contribution in [1.29, 1.82) is 0 Å². The number of carbonyl (C=O) groups is 1. The molecular formula is C28H26ClFN6O3. The van der Waals surface area contributed by atoms with E-state index in [1.54, 1.807) is 45.3 Å². The average molecular weight is 549 g/mol. The zero-order valence-corrected chi connectivity index (χ0v) is 22.6. The molecule has 2 aromatic heterocycles. The molecule has 11 heteroatoms. The fraction of sp³-hybridized carbons (Fsp3) is 0.214. The zero-order chi connectivity index (χ0) is 27.8. The highest BCUT2D eigenvalue weighted by Gasteiger charge is 2.21. The number of halogens is 2. The van der Waals surface area contributed by atoms with Gasteiger partial charge in [-0.3, -0.25) is 19.0 Å². The molecule has 0 radical (unpaired) electrons. The van der Waals surface area contributed by atoms with Crippen LogP contribution in [-0.2, 0) is 25.0 Å². The summed E-state index contributed by atoms with van der Waals surface area (Å²) in [5.74, 6) is -0.239. The molecule has 5 aromatic rings. The molecule has 200 valence electrons. The lowest BCUT2D eigenvalue weighted by atomic mass is 9.99. The number of nitrogens with zero attached hydrogens (tertiary/aromatic N) is 5. The van der Waals surface area contributed by atoms with Gasteiger partial charge in [0.2, 0.25) is 5.91 Å². The van der Waals surface area contributed by atoms with Crippen molar-refractivity contribution in [2.24, 2.45) is 7.05 Å². The van der Waals surface area contributed by atoms with E-state index in [9.17, 15) is 9.59 Å². The molecular weight excluding hydrogens is 523 g/mol. The van der Waals surface area contributed by atoms with Crippen molar-refractivity contribution >= 4 is 34.2 Å². The highest BCUT2D eigenvalue weighted by molar-refractivity contribution is 6.30. The summed E-state index contributed by atoms with van der Waals surface area (Å²) in [6.07, 6.45) is 1.35. The Morgan fingerprint density at radius 3 is 2.67 bits per heavy atom. The fourth-order valence-corrected chi connectivity index (χ4v) is 4.84. The maximum atomic E-state index is 15.3. The van der Waals surface area contributed by atoms with Crippen LogP contribution in [0, 0.1) is 19.7 Å². The number of carbonyl (C=O) groups excluding carboxylic acids is 1. The molecule has 1 N–H and O–H groups in total. The number of likely N-dealkylation sites (N-methyl/N-ethyl adjacent to an activating group) is 1. The number of benzene rings is 3. The highest BCUT2D eigenvalue weighted by atomic mass is 35.5. The van der Waals surface area contributed by atoms with E-state index in [4.69, 9.17) is 16.3 Å². The minimum absolute atomic E-state index is 0.0425. The number of aryl methyl sites for hydroxylation is 3. The molecule has 0 saturated heterocycles. The zero-order valence-electron chi connectivity index (χ0n) is 21.8. The van der Waals surface area contributed by atoms with Crippen molar-refractivity contribution in [2.45, 2.75) is 27.0 Å². The molecule has 0 aliphatic rings. The van der Waals surface area contributed by atoms with Crippen LogP contribution in [0.1, 0.15) is 17.0 Å². The largest absolute Gasteiger partial charge is 0.482 e. The lowest BCUT2D eigenvalue weighted by molar-refractivity contribution is -0.118. The first kappa shape index (κ1) is 26.2. The number of fused-ring (bicyclic) bond motifs is 1. The van der Waals surface area contributed by atoms with E-state index in [-0.39, 0.29) is 30.5 Å². The van der Waals surface area contributed by atoms with Crippen molar-refractivity contribution in [2.75, 3.05) is 11.9 Å². The second-order valence-corrected chi connectivity index (χ2v) is 9.80. The first-order chi connectivity index (χ1) is 18.6. The van der Waals surface area contributed by atoms with E-state index in [0.29, 0.717) is 44.3 Å². The van der Waals surface area contributed by atoms with Gasteiger partial charge in [0.15, 0.2) is 17.4 Å². The van der Waals surface area contributed by atoms with Crippen LogP contribution in [0.2, 0.25) is 5.02 Å². The van der Waals surface area contributed by atoms with Gasteiger partial charge in [-0.15, -0.1) is 0 Å². The summed E-state index contributed by atoms with van der Waals surface area (Å²) in [6.45, 7) is 3.51. The molecule has 0 spiro atoms. The molecule has 2 heterocycles. The molecule has 0 bridgehead atoms. The first-order valence-electron chi connectivity index (χ1n) is 12.1. The van der Waals surface area contributed by atoms with Crippen molar-refractivity contribution < 1.29 is 13.9 Å². The third kappa shape index (κ3) is 5.03. The van der Waals surface area contributed by atoms with E-state index in [2.05, 4.69) is 15.2 Å². The Kier molecular flexibility index (Phi) is 6.96. The number of H-pyrrole nitrogens is 1. The van der Waals surface area contributed by atoms with E-state index in [1.807, 2.05) is 25.1 Å². The van der Waals surface area contributed by atoms with Gasteiger partial charge in [0.05, 0.1) is 11.0 Å². The van der Waals surface area contributed by atoms with Crippen molar-refractivity contribution in [3.05, 3.63) is 93.1 Å². The number of ether oxygens (including phenoxy) is 1. The van der Waals surface area contributed by atoms with E-state index in [1.165, 1.54) is 26.4 Å². The van der Waals surface area contributed by atoms with E-state index in [0.717, 1.165) is 5.56 Å². The summed E-state index contributed by atoms with van der Waals surface area (Å²) < 4.78 is 23.8. The maximum Gasteiger partial charge on any atom is 0.329 e. The summed E-state index contributed by atoms with van der Waals surface area (Å²) in [5, 5.41) is 6.95. The number of imidazole rings is 1. The van der Waals surface area contributed by atoms with Crippen molar-refractivity contribution in [3.8, 4) is 16.9 Å². The standard InChI is InChI=1S/C28H26ClFN6O3/c1-16-8-21(18-10-17(2)27(22(30)11-18)39-14-24-31-15-32-33-24)26-23(9-16)36(28(38)35(26)4)13-25(37)34(3)20-7-5-6-19(29)12-20/h5-12,15H,13-14H2,1-4H3,(H,31,32,33). The molecule has 0 aliphatic heterocycles. The maximum absolute atomic E-state index is 15.3. The number of amides is 1. The fourth-order valence-electron chi connectivity index (χ4n) is 4.65. The molecule has 0 atom stereocenters. The molecule has 0 unspecified atom stereocenters. The first-order valence-corrected chi connectivity index (χ1v) is 12.5. The Hall–Kier alpha value is -4.44. The van der Waals surface area contributed by atoms with Crippen LogP contribution in [-0.4, -0.2) is 37.3 Å². The normalized spacial score (nSPS) is 11.2. The molecule has 3 aromatic carbocycles. The predicted molar refractivity (Wildman–Crippen MR) is 148 cm³/mol. The van der Waals surface area contributed by atoms with Gasteiger partial charge in [0, 0.05) is 30.4 Å². The third-order valence-corrected chi connectivity index (χ3v) is 6.83. The van der Waals surface area contributed by atoms with Gasteiger partial charge in [-0.05, 0) is 73.0 Å². The van der Waals surface area contributed by atoms with Crippen LogP contribution in [0.25, 0.3) is 22.2 Å². The number of hydrogen-bond acceptors (Lipinski definition) is 5. The number of aromatic amines is 1.